The lowest BCUT2D eigenvalue weighted by atomic mass is 10.1. The zero-order chi connectivity index (χ0) is 19.1. The summed E-state index contributed by atoms with van der Waals surface area (Å²) < 4.78 is 10.2. The van der Waals surface area contributed by atoms with Gasteiger partial charge < -0.3 is 9.47 Å². The number of esters is 1. The van der Waals surface area contributed by atoms with Crippen molar-refractivity contribution in [3.8, 4) is 5.75 Å². The SMILES string of the molecule is O=C(COC(=O)COc1ccc2ccccc2c1)NNC(=O)c1cccs1. The highest BCUT2D eigenvalue weighted by Gasteiger charge is 2.11. The van der Waals surface area contributed by atoms with Gasteiger partial charge in [0.1, 0.15) is 5.75 Å². The first-order valence-corrected chi connectivity index (χ1v) is 8.90. The minimum atomic E-state index is -0.692. The molecule has 0 bridgehead atoms. The number of hydrogen-bond donors (Lipinski definition) is 2. The Morgan fingerprint density at radius 3 is 2.48 bits per heavy atom. The van der Waals surface area contributed by atoms with E-state index in [-0.39, 0.29) is 6.61 Å². The first-order chi connectivity index (χ1) is 13.1. The van der Waals surface area contributed by atoms with Crippen molar-refractivity contribution in [2.45, 2.75) is 0 Å². The van der Waals surface area contributed by atoms with E-state index in [1.54, 1.807) is 23.6 Å². The summed E-state index contributed by atoms with van der Waals surface area (Å²) in [4.78, 5) is 35.4. The van der Waals surface area contributed by atoms with E-state index in [1.165, 1.54) is 11.3 Å². The quantitative estimate of drug-likeness (QED) is 0.502. The molecule has 0 aliphatic heterocycles. The van der Waals surface area contributed by atoms with E-state index >= 15 is 0 Å². The molecule has 2 aromatic carbocycles. The van der Waals surface area contributed by atoms with Crippen LogP contribution in [0.1, 0.15) is 9.67 Å². The second kappa shape index (κ2) is 8.81. The summed E-state index contributed by atoms with van der Waals surface area (Å²) in [5.41, 5.74) is 4.40. The van der Waals surface area contributed by atoms with Crippen molar-refractivity contribution >= 4 is 39.9 Å². The summed E-state index contributed by atoms with van der Waals surface area (Å²) in [5.74, 6) is -1.26. The molecule has 2 amide bonds. The summed E-state index contributed by atoms with van der Waals surface area (Å²) in [7, 11) is 0. The van der Waals surface area contributed by atoms with Crippen molar-refractivity contribution in [2.24, 2.45) is 0 Å². The van der Waals surface area contributed by atoms with E-state index in [4.69, 9.17) is 9.47 Å². The van der Waals surface area contributed by atoms with E-state index in [0.717, 1.165) is 10.8 Å². The predicted molar refractivity (Wildman–Crippen MR) is 100 cm³/mol. The second-order valence-corrected chi connectivity index (χ2v) is 6.39. The molecule has 0 unspecified atom stereocenters. The first-order valence-electron chi connectivity index (χ1n) is 8.02. The zero-order valence-corrected chi connectivity index (χ0v) is 15.0. The van der Waals surface area contributed by atoms with Crippen LogP contribution in [0.2, 0.25) is 0 Å². The Hall–Kier alpha value is -3.39. The van der Waals surface area contributed by atoms with Gasteiger partial charge in [-0.25, -0.2) is 4.79 Å². The molecule has 3 aromatic rings. The minimum Gasteiger partial charge on any atom is -0.482 e. The molecule has 0 aliphatic rings. The molecule has 0 fully saturated rings. The minimum absolute atomic E-state index is 0.326. The van der Waals surface area contributed by atoms with Crippen LogP contribution in [0, 0.1) is 0 Å². The maximum atomic E-state index is 11.7. The van der Waals surface area contributed by atoms with E-state index < -0.39 is 24.4 Å². The fraction of sp³-hybridized carbons (Fsp3) is 0.105. The summed E-state index contributed by atoms with van der Waals surface area (Å²) >= 11 is 1.24. The maximum absolute atomic E-state index is 11.7. The number of thiophene rings is 1. The normalized spacial score (nSPS) is 10.2. The Kier molecular flexibility index (Phi) is 6.01. The van der Waals surface area contributed by atoms with Crippen LogP contribution < -0.4 is 15.6 Å². The lowest BCUT2D eigenvalue weighted by molar-refractivity contribution is -0.150. The number of ether oxygens (including phenoxy) is 2. The van der Waals surface area contributed by atoms with Gasteiger partial charge >= 0.3 is 5.97 Å². The van der Waals surface area contributed by atoms with Gasteiger partial charge in [0, 0.05) is 0 Å². The second-order valence-electron chi connectivity index (χ2n) is 5.44. The molecule has 2 N–H and O–H groups in total. The maximum Gasteiger partial charge on any atom is 0.344 e. The molecular weight excluding hydrogens is 368 g/mol. The van der Waals surface area contributed by atoms with Crippen molar-refractivity contribution in [1.29, 1.82) is 0 Å². The molecule has 8 heteroatoms. The van der Waals surface area contributed by atoms with Crippen LogP contribution >= 0.6 is 11.3 Å². The van der Waals surface area contributed by atoms with E-state index in [2.05, 4.69) is 10.9 Å². The fourth-order valence-corrected chi connectivity index (χ4v) is 2.84. The number of carbonyl (C=O) groups is 3. The van der Waals surface area contributed by atoms with Gasteiger partial charge in [0.25, 0.3) is 11.8 Å². The van der Waals surface area contributed by atoms with Crippen molar-refractivity contribution < 1.29 is 23.9 Å². The van der Waals surface area contributed by atoms with Gasteiger partial charge in [0.2, 0.25) is 0 Å². The summed E-state index contributed by atoms with van der Waals surface area (Å²) in [6, 6.07) is 16.6. The lowest BCUT2D eigenvalue weighted by Gasteiger charge is -2.09. The Bertz CT molecular complexity index is 956. The average Bonchev–Trinajstić information content (AvgIpc) is 3.23. The monoisotopic (exact) mass is 384 g/mol. The Labute approximate surface area is 158 Å². The number of benzene rings is 2. The molecule has 1 heterocycles. The zero-order valence-electron chi connectivity index (χ0n) is 14.1. The van der Waals surface area contributed by atoms with Gasteiger partial charge in [-0.15, -0.1) is 11.3 Å². The molecule has 0 aliphatic carbocycles. The molecule has 7 nitrogen and oxygen atoms in total. The van der Waals surface area contributed by atoms with Crippen LogP contribution in [-0.4, -0.2) is 31.0 Å². The van der Waals surface area contributed by atoms with E-state index in [1.807, 2.05) is 36.4 Å². The highest BCUT2D eigenvalue weighted by atomic mass is 32.1. The Balaban J connectivity index is 1.38. The van der Waals surface area contributed by atoms with Gasteiger partial charge in [-0.3, -0.25) is 20.4 Å². The van der Waals surface area contributed by atoms with Crippen molar-refractivity contribution in [3.63, 3.8) is 0 Å². The number of carbonyl (C=O) groups excluding carboxylic acids is 3. The molecule has 0 saturated carbocycles. The fourth-order valence-electron chi connectivity index (χ4n) is 2.22. The largest absolute Gasteiger partial charge is 0.482 e. The number of amides is 2. The van der Waals surface area contributed by atoms with Crippen LogP contribution in [0.25, 0.3) is 10.8 Å². The van der Waals surface area contributed by atoms with Crippen molar-refractivity contribution in [2.75, 3.05) is 13.2 Å². The van der Waals surface area contributed by atoms with E-state index in [0.29, 0.717) is 10.6 Å². The Morgan fingerprint density at radius 2 is 1.70 bits per heavy atom. The average molecular weight is 384 g/mol. The highest BCUT2D eigenvalue weighted by Crippen LogP contribution is 2.20. The molecule has 138 valence electrons. The third-order valence-corrected chi connectivity index (χ3v) is 4.37. The third kappa shape index (κ3) is 5.29. The molecule has 3 rings (SSSR count). The number of hydrazine groups is 1. The highest BCUT2D eigenvalue weighted by molar-refractivity contribution is 7.12. The van der Waals surface area contributed by atoms with Gasteiger partial charge in [-0.05, 0) is 34.4 Å². The number of nitrogens with one attached hydrogen (secondary N) is 2. The molecule has 0 radical (unpaired) electrons. The van der Waals surface area contributed by atoms with Crippen molar-refractivity contribution in [3.05, 3.63) is 64.9 Å². The van der Waals surface area contributed by atoms with Gasteiger partial charge in [-0.2, -0.15) is 0 Å². The molecule has 0 spiro atoms. The Morgan fingerprint density at radius 1 is 0.889 bits per heavy atom. The van der Waals surface area contributed by atoms with Crippen LogP contribution in [0.3, 0.4) is 0 Å². The molecule has 0 saturated heterocycles. The first kappa shape index (κ1) is 18.4. The predicted octanol–water partition coefficient (Wildman–Crippen LogP) is 2.28. The van der Waals surface area contributed by atoms with Crippen LogP contribution in [0.15, 0.2) is 60.0 Å². The lowest BCUT2D eigenvalue weighted by Crippen LogP contribution is -2.43. The molecule has 1 aromatic heterocycles. The number of hydrogen-bond acceptors (Lipinski definition) is 6. The molecule has 0 atom stereocenters. The summed E-state index contributed by atoms with van der Waals surface area (Å²) in [6.07, 6.45) is 0. The standard InChI is InChI=1S/C19H16N2O5S/c22-17(20-21-19(24)16-6-3-9-27-16)11-26-18(23)12-25-15-8-7-13-4-1-2-5-14(13)10-15/h1-10H,11-12H2,(H,20,22)(H,21,24). The summed E-state index contributed by atoms with van der Waals surface area (Å²) in [5, 5.41) is 3.80. The van der Waals surface area contributed by atoms with Gasteiger partial charge in [0.05, 0.1) is 4.88 Å². The van der Waals surface area contributed by atoms with Crippen LogP contribution in [0.5, 0.6) is 5.75 Å². The van der Waals surface area contributed by atoms with Gasteiger partial charge in [0.15, 0.2) is 13.2 Å². The third-order valence-electron chi connectivity index (χ3n) is 3.50. The smallest absolute Gasteiger partial charge is 0.344 e. The van der Waals surface area contributed by atoms with Crippen LogP contribution in [-0.2, 0) is 14.3 Å². The molecule has 27 heavy (non-hydrogen) atoms. The number of fused-ring (bicyclic) bond motifs is 1. The van der Waals surface area contributed by atoms with Gasteiger partial charge in [-0.1, -0.05) is 36.4 Å². The summed E-state index contributed by atoms with van der Waals surface area (Å²) in [6.45, 7) is -0.849. The molecular formula is C19H16N2O5S. The van der Waals surface area contributed by atoms with Crippen molar-refractivity contribution in [1.82, 2.24) is 10.9 Å². The van der Waals surface area contributed by atoms with Crippen LogP contribution in [0.4, 0.5) is 0 Å². The topological polar surface area (TPSA) is 93.7 Å². The number of rotatable bonds is 6. The van der Waals surface area contributed by atoms with E-state index in [9.17, 15) is 14.4 Å².